The number of hydrazine groups is 1. The molecule has 0 atom stereocenters. The number of anilines is 2. The summed E-state index contributed by atoms with van der Waals surface area (Å²) in [6.45, 7) is 2.03. The highest BCUT2D eigenvalue weighted by Gasteiger charge is 2.11. The van der Waals surface area contributed by atoms with Gasteiger partial charge < -0.3 is 10.7 Å². The van der Waals surface area contributed by atoms with Crippen molar-refractivity contribution in [2.75, 3.05) is 10.7 Å². The Morgan fingerprint density at radius 1 is 1.40 bits per heavy atom. The molecule has 0 saturated carbocycles. The van der Waals surface area contributed by atoms with Gasteiger partial charge in [0.2, 0.25) is 0 Å². The molecular formula is C14H15ClN4O. The van der Waals surface area contributed by atoms with Crippen LogP contribution in [0, 0.1) is 0 Å². The van der Waals surface area contributed by atoms with Gasteiger partial charge in [0.25, 0.3) is 5.91 Å². The molecule has 0 fully saturated rings. The van der Waals surface area contributed by atoms with Crippen LogP contribution in [0.3, 0.4) is 0 Å². The fraction of sp³-hybridized carbons (Fsp3) is 0.143. The number of nitrogen functional groups attached to an aromatic ring is 1. The zero-order valence-corrected chi connectivity index (χ0v) is 11.7. The molecule has 1 heterocycles. The Bertz CT molecular complexity index is 630. The molecule has 20 heavy (non-hydrogen) atoms. The lowest BCUT2D eigenvalue weighted by Crippen LogP contribution is -2.15. The van der Waals surface area contributed by atoms with E-state index in [-0.39, 0.29) is 5.91 Å². The molecule has 1 aromatic heterocycles. The normalized spacial score (nSPS) is 10.2. The van der Waals surface area contributed by atoms with E-state index in [9.17, 15) is 4.79 Å². The van der Waals surface area contributed by atoms with Gasteiger partial charge in [0, 0.05) is 11.9 Å². The molecule has 0 radical (unpaired) electrons. The zero-order valence-electron chi connectivity index (χ0n) is 11.0. The number of hydrogen-bond donors (Lipinski definition) is 3. The van der Waals surface area contributed by atoms with Crippen LogP contribution in [0.25, 0.3) is 0 Å². The minimum Gasteiger partial charge on any atom is -0.322 e. The molecule has 2 rings (SSSR count). The standard InChI is InChI=1S/C14H15ClN4O/c1-2-9-5-3-4-6-12(9)18-14(20)10-7-11(15)13(19-16)17-8-10/h3-8H,2,16H2,1H3,(H,17,19)(H,18,20). The number of nitrogens with one attached hydrogen (secondary N) is 2. The number of para-hydroxylation sites is 1. The van der Waals surface area contributed by atoms with E-state index in [2.05, 4.69) is 15.7 Å². The molecule has 0 aliphatic rings. The molecule has 6 heteroatoms. The van der Waals surface area contributed by atoms with Crippen molar-refractivity contribution in [3.63, 3.8) is 0 Å². The van der Waals surface area contributed by atoms with Crippen LogP contribution in [-0.4, -0.2) is 10.9 Å². The lowest BCUT2D eigenvalue weighted by molar-refractivity contribution is 0.102. The summed E-state index contributed by atoms with van der Waals surface area (Å²) in [4.78, 5) is 16.1. The fourth-order valence-electron chi connectivity index (χ4n) is 1.81. The van der Waals surface area contributed by atoms with Gasteiger partial charge in [-0.2, -0.15) is 0 Å². The maximum atomic E-state index is 12.2. The first-order chi connectivity index (χ1) is 9.65. The molecule has 0 unspecified atom stereocenters. The van der Waals surface area contributed by atoms with E-state index in [1.54, 1.807) is 0 Å². The van der Waals surface area contributed by atoms with Gasteiger partial charge in [0.05, 0.1) is 10.6 Å². The number of nitrogens with zero attached hydrogens (tertiary/aromatic N) is 1. The SMILES string of the molecule is CCc1ccccc1NC(=O)c1cnc(NN)c(Cl)c1. The zero-order chi connectivity index (χ0) is 14.5. The fourth-order valence-corrected chi connectivity index (χ4v) is 2.03. The molecule has 0 spiro atoms. The van der Waals surface area contributed by atoms with Gasteiger partial charge >= 0.3 is 0 Å². The number of carbonyl (C=O) groups excluding carboxylic acids is 1. The Balaban J connectivity index is 2.22. The second kappa shape index (κ2) is 6.36. The number of aryl methyl sites for hydroxylation is 1. The molecule has 4 N–H and O–H groups in total. The van der Waals surface area contributed by atoms with Gasteiger partial charge in [-0.15, -0.1) is 0 Å². The van der Waals surface area contributed by atoms with Crippen LogP contribution in [0.4, 0.5) is 11.5 Å². The lowest BCUT2D eigenvalue weighted by atomic mass is 10.1. The number of nitrogens with two attached hydrogens (primary N) is 1. The molecule has 104 valence electrons. The summed E-state index contributed by atoms with van der Waals surface area (Å²) in [5, 5.41) is 3.15. The summed E-state index contributed by atoms with van der Waals surface area (Å²) in [6, 6.07) is 9.17. The molecule has 1 aromatic carbocycles. The van der Waals surface area contributed by atoms with Crippen LogP contribution in [0.2, 0.25) is 5.02 Å². The van der Waals surface area contributed by atoms with Crippen molar-refractivity contribution in [1.82, 2.24) is 4.98 Å². The summed E-state index contributed by atoms with van der Waals surface area (Å²) in [5.41, 5.74) is 4.59. The first kappa shape index (κ1) is 14.3. The average molecular weight is 291 g/mol. The maximum Gasteiger partial charge on any atom is 0.257 e. The van der Waals surface area contributed by atoms with Crippen LogP contribution in [-0.2, 0) is 6.42 Å². The van der Waals surface area contributed by atoms with Crippen molar-refractivity contribution in [3.8, 4) is 0 Å². The number of hydrogen-bond acceptors (Lipinski definition) is 4. The van der Waals surface area contributed by atoms with Crippen molar-refractivity contribution in [2.45, 2.75) is 13.3 Å². The molecule has 0 saturated heterocycles. The maximum absolute atomic E-state index is 12.2. The van der Waals surface area contributed by atoms with Crippen molar-refractivity contribution < 1.29 is 4.79 Å². The predicted octanol–water partition coefficient (Wildman–Crippen LogP) is 2.84. The summed E-state index contributed by atoms with van der Waals surface area (Å²) in [6.07, 6.45) is 2.26. The highest BCUT2D eigenvalue weighted by atomic mass is 35.5. The largest absolute Gasteiger partial charge is 0.322 e. The lowest BCUT2D eigenvalue weighted by Gasteiger charge is -2.10. The van der Waals surface area contributed by atoms with Crippen molar-refractivity contribution in [3.05, 3.63) is 52.7 Å². The Labute approximate surface area is 122 Å². The first-order valence-electron chi connectivity index (χ1n) is 6.17. The van der Waals surface area contributed by atoms with E-state index < -0.39 is 0 Å². The van der Waals surface area contributed by atoms with E-state index in [4.69, 9.17) is 17.4 Å². The van der Waals surface area contributed by atoms with Gasteiger partial charge in [-0.3, -0.25) is 4.79 Å². The van der Waals surface area contributed by atoms with Gasteiger partial charge in [0.15, 0.2) is 5.82 Å². The topological polar surface area (TPSA) is 80.0 Å². The third-order valence-corrected chi connectivity index (χ3v) is 3.17. The van der Waals surface area contributed by atoms with Gasteiger partial charge in [-0.25, -0.2) is 10.8 Å². The third kappa shape index (κ3) is 3.07. The van der Waals surface area contributed by atoms with Crippen molar-refractivity contribution in [1.29, 1.82) is 0 Å². The second-order valence-corrected chi connectivity index (χ2v) is 4.57. The Kier molecular flexibility index (Phi) is 4.55. The van der Waals surface area contributed by atoms with E-state index >= 15 is 0 Å². The number of carbonyl (C=O) groups is 1. The van der Waals surface area contributed by atoms with Crippen molar-refractivity contribution >= 4 is 29.0 Å². The Morgan fingerprint density at radius 2 is 2.15 bits per heavy atom. The summed E-state index contributed by atoms with van der Waals surface area (Å²) in [5.74, 6) is 5.31. The number of benzene rings is 1. The van der Waals surface area contributed by atoms with E-state index in [0.717, 1.165) is 17.7 Å². The molecular weight excluding hydrogens is 276 g/mol. The van der Waals surface area contributed by atoms with Crippen LogP contribution < -0.4 is 16.6 Å². The van der Waals surface area contributed by atoms with Gasteiger partial charge in [-0.1, -0.05) is 36.7 Å². The second-order valence-electron chi connectivity index (χ2n) is 4.16. The number of aromatic nitrogens is 1. The molecule has 5 nitrogen and oxygen atoms in total. The Hall–Kier alpha value is -2.11. The number of pyridine rings is 1. The molecule has 0 aliphatic carbocycles. The quantitative estimate of drug-likeness (QED) is 0.597. The molecule has 1 amide bonds. The van der Waals surface area contributed by atoms with Crippen LogP contribution in [0.1, 0.15) is 22.8 Å². The van der Waals surface area contributed by atoms with E-state index in [1.807, 2.05) is 31.2 Å². The summed E-state index contributed by atoms with van der Waals surface area (Å²) >= 11 is 5.95. The van der Waals surface area contributed by atoms with Crippen molar-refractivity contribution in [2.24, 2.45) is 5.84 Å². The van der Waals surface area contributed by atoms with Crippen LogP contribution in [0.5, 0.6) is 0 Å². The minimum absolute atomic E-state index is 0.260. The van der Waals surface area contributed by atoms with Crippen LogP contribution in [0.15, 0.2) is 36.5 Å². The number of rotatable bonds is 4. The summed E-state index contributed by atoms with van der Waals surface area (Å²) < 4.78 is 0. The summed E-state index contributed by atoms with van der Waals surface area (Å²) in [7, 11) is 0. The number of halogens is 1. The van der Waals surface area contributed by atoms with Gasteiger partial charge in [-0.05, 0) is 24.1 Å². The Morgan fingerprint density at radius 3 is 2.80 bits per heavy atom. The highest BCUT2D eigenvalue weighted by Crippen LogP contribution is 2.21. The molecule has 0 bridgehead atoms. The smallest absolute Gasteiger partial charge is 0.257 e. The number of amides is 1. The highest BCUT2D eigenvalue weighted by molar-refractivity contribution is 6.33. The average Bonchev–Trinajstić information content (AvgIpc) is 2.47. The molecule has 2 aromatic rings. The van der Waals surface area contributed by atoms with Gasteiger partial charge in [0.1, 0.15) is 0 Å². The van der Waals surface area contributed by atoms with Crippen LogP contribution >= 0.6 is 11.6 Å². The monoisotopic (exact) mass is 290 g/mol. The van der Waals surface area contributed by atoms with E-state index in [0.29, 0.717) is 16.4 Å². The first-order valence-corrected chi connectivity index (χ1v) is 6.55. The van der Waals surface area contributed by atoms with E-state index in [1.165, 1.54) is 12.3 Å². The minimum atomic E-state index is -0.260. The third-order valence-electron chi connectivity index (χ3n) is 2.89. The molecule has 0 aliphatic heterocycles. The predicted molar refractivity (Wildman–Crippen MR) is 80.8 cm³/mol.